The molecule has 0 heterocycles. The van der Waals surface area contributed by atoms with E-state index in [4.69, 9.17) is 5.73 Å². The Labute approximate surface area is 80.4 Å². The van der Waals surface area contributed by atoms with E-state index in [1.807, 2.05) is 19.0 Å². The lowest BCUT2D eigenvalue weighted by Gasteiger charge is -2.20. The highest BCUT2D eigenvalue weighted by molar-refractivity contribution is 5.31. The monoisotopic (exact) mass is 178 g/mol. The average Bonchev–Trinajstić information content (AvgIpc) is 2.08. The van der Waals surface area contributed by atoms with Crippen molar-refractivity contribution in [3.63, 3.8) is 0 Å². The van der Waals surface area contributed by atoms with Gasteiger partial charge >= 0.3 is 0 Å². The molecule has 0 aliphatic carbocycles. The Kier molecular flexibility index (Phi) is 3.07. The van der Waals surface area contributed by atoms with Crippen molar-refractivity contribution >= 4 is 0 Å². The number of benzene rings is 1. The van der Waals surface area contributed by atoms with Gasteiger partial charge in [0.15, 0.2) is 0 Å². The van der Waals surface area contributed by atoms with Crippen LogP contribution in [0.2, 0.25) is 0 Å². The normalized spacial score (nSPS) is 13.4. The molecular weight excluding hydrogens is 160 g/mol. The number of aryl methyl sites for hydroxylation is 2. The van der Waals surface area contributed by atoms with Crippen LogP contribution >= 0.6 is 0 Å². The van der Waals surface area contributed by atoms with Crippen LogP contribution in [0.3, 0.4) is 0 Å². The third-order valence-corrected chi connectivity index (χ3v) is 2.43. The summed E-state index contributed by atoms with van der Waals surface area (Å²) in [7, 11) is 3.97. The fourth-order valence-electron chi connectivity index (χ4n) is 1.25. The fourth-order valence-corrected chi connectivity index (χ4v) is 1.25. The molecule has 2 N–H and O–H groups in total. The molecular formula is C11H18N2. The Balaban J connectivity index is 2.97. The van der Waals surface area contributed by atoms with Crippen molar-refractivity contribution in [1.29, 1.82) is 0 Å². The van der Waals surface area contributed by atoms with Gasteiger partial charge in [-0.1, -0.05) is 18.2 Å². The van der Waals surface area contributed by atoms with Gasteiger partial charge in [-0.05, 0) is 44.6 Å². The summed E-state index contributed by atoms with van der Waals surface area (Å²) in [5, 5.41) is 0. The number of rotatable bonds is 2. The summed E-state index contributed by atoms with van der Waals surface area (Å²) in [6.07, 6.45) is -0.000648. The molecule has 0 radical (unpaired) electrons. The second-order valence-corrected chi connectivity index (χ2v) is 3.75. The molecule has 1 unspecified atom stereocenters. The molecule has 2 heteroatoms. The van der Waals surface area contributed by atoms with E-state index in [0.29, 0.717) is 0 Å². The zero-order valence-electron chi connectivity index (χ0n) is 8.83. The highest BCUT2D eigenvalue weighted by Crippen LogP contribution is 2.16. The van der Waals surface area contributed by atoms with Crippen LogP contribution in [0.5, 0.6) is 0 Å². The van der Waals surface area contributed by atoms with E-state index in [2.05, 4.69) is 32.0 Å². The highest BCUT2D eigenvalue weighted by Gasteiger charge is 2.07. The van der Waals surface area contributed by atoms with Crippen LogP contribution in [0.4, 0.5) is 0 Å². The quantitative estimate of drug-likeness (QED) is 0.700. The van der Waals surface area contributed by atoms with Gasteiger partial charge in [0, 0.05) is 0 Å². The van der Waals surface area contributed by atoms with Crippen molar-refractivity contribution in [1.82, 2.24) is 4.90 Å². The van der Waals surface area contributed by atoms with Crippen LogP contribution in [0.25, 0.3) is 0 Å². The second kappa shape index (κ2) is 3.90. The molecule has 72 valence electrons. The molecule has 0 spiro atoms. The van der Waals surface area contributed by atoms with Gasteiger partial charge in [0.2, 0.25) is 0 Å². The first-order chi connectivity index (χ1) is 6.02. The zero-order chi connectivity index (χ0) is 10.0. The van der Waals surface area contributed by atoms with Gasteiger partial charge < -0.3 is 5.73 Å². The summed E-state index contributed by atoms with van der Waals surface area (Å²) >= 11 is 0. The van der Waals surface area contributed by atoms with Crippen LogP contribution in [-0.4, -0.2) is 19.0 Å². The molecule has 0 saturated heterocycles. The second-order valence-electron chi connectivity index (χ2n) is 3.75. The van der Waals surface area contributed by atoms with Crippen molar-refractivity contribution in [2.45, 2.75) is 20.0 Å². The van der Waals surface area contributed by atoms with E-state index in [-0.39, 0.29) is 6.17 Å². The van der Waals surface area contributed by atoms with E-state index in [9.17, 15) is 0 Å². The minimum Gasteiger partial charge on any atom is -0.312 e. The molecule has 0 fully saturated rings. The SMILES string of the molecule is Cc1ccc(C(N)N(C)C)cc1C. The Morgan fingerprint density at radius 1 is 1.15 bits per heavy atom. The van der Waals surface area contributed by atoms with Gasteiger partial charge in [0.1, 0.15) is 0 Å². The predicted molar refractivity (Wildman–Crippen MR) is 56.5 cm³/mol. The largest absolute Gasteiger partial charge is 0.312 e. The maximum Gasteiger partial charge on any atom is 0.0830 e. The minimum absolute atomic E-state index is 0.000648. The third kappa shape index (κ3) is 2.29. The summed E-state index contributed by atoms with van der Waals surface area (Å²) in [4.78, 5) is 2.00. The molecule has 13 heavy (non-hydrogen) atoms. The smallest absolute Gasteiger partial charge is 0.0830 e. The topological polar surface area (TPSA) is 29.3 Å². The first kappa shape index (κ1) is 10.2. The molecule has 0 bridgehead atoms. The lowest BCUT2D eigenvalue weighted by molar-refractivity contribution is 0.307. The first-order valence-corrected chi connectivity index (χ1v) is 4.51. The van der Waals surface area contributed by atoms with Gasteiger partial charge in [0.25, 0.3) is 0 Å². The Morgan fingerprint density at radius 2 is 1.77 bits per heavy atom. The molecule has 0 saturated carbocycles. The molecule has 2 nitrogen and oxygen atoms in total. The number of nitrogens with zero attached hydrogens (tertiary/aromatic N) is 1. The maximum absolute atomic E-state index is 5.98. The van der Waals surface area contributed by atoms with Gasteiger partial charge in [-0.15, -0.1) is 0 Å². The summed E-state index contributed by atoms with van der Waals surface area (Å²) in [5.41, 5.74) is 9.77. The molecule has 0 aromatic heterocycles. The van der Waals surface area contributed by atoms with E-state index < -0.39 is 0 Å². The van der Waals surface area contributed by atoms with E-state index in [1.54, 1.807) is 0 Å². The Morgan fingerprint density at radius 3 is 2.23 bits per heavy atom. The van der Waals surface area contributed by atoms with Crippen molar-refractivity contribution in [3.8, 4) is 0 Å². The standard InChI is InChI=1S/C11H18N2/c1-8-5-6-10(7-9(8)2)11(12)13(3)4/h5-7,11H,12H2,1-4H3. The fraction of sp³-hybridized carbons (Fsp3) is 0.455. The van der Waals surface area contributed by atoms with Crippen LogP contribution in [-0.2, 0) is 0 Å². The van der Waals surface area contributed by atoms with Crippen molar-refractivity contribution in [2.75, 3.05) is 14.1 Å². The van der Waals surface area contributed by atoms with Gasteiger partial charge in [0.05, 0.1) is 6.17 Å². The number of hydrogen-bond acceptors (Lipinski definition) is 2. The minimum atomic E-state index is -0.000648. The van der Waals surface area contributed by atoms with Gasteiger partial charge in [-0.3, -0.25) is 4.90 Å². The number of hydrogen-bond donors (Lipinski definition) is 1. The molecule has 1 aromatic carbocycles. The third-order valence-electron chi connectivity index (χ3n) is 2.43. The van der Waals surface area contributed by atoms with E-state index >= 15 is 0 Å². The van der Waals surface area contributed by atoms with Crippen LogP contribution in [0.15, 0.2) is 18.2 Å². The summed E-state index contributed by atoms with van der Waals surface area (Å²) in [5.74, 6) is 0. The van der Waals surface area contributed by atoms with Gasteiger partial charge in [-0.25, -0.2) is 0 Å². The Bertz CT molecular complexity index is 292. The molecule has 0 aliphatic heterocycles. The lowest BCUT2D eigenvalue weighted by Crippen LogP contribution is -2.27. The molecule has 1 atom stereocenters. The van der Waals surface area contributed by atoms with Crippen LogP contribution in [0.1, 0.15) is 22.9 Å². The van der Waals surface area contributed by atoms with Crippen LogP contribution in [0, 0.1) is 13.8 Å². The molecule has 0 amide bonds. The lowest BCUT2D eigenvalue weighted by atomic mass is 10.0. The van der Waals surface area contributed by atoms with Crippen LogP contribution < -0.4 is 5.73 Å². The summed E-state index contributed by atoms with van der Waals surface area (Å²) in [6.45, 7) is 4.22. The molecule has 0 aliphatic rings. The molecule has 1 aromatic rings. The van der Waals surface area contributed by atoms with Gasteiger partial charge in [-0.2, -0.15) is 0 Å². The number of nitrogens with two attached hydrogens (primary N) is 1. The molecule has 1 rings (SSSR count). The highest BCUT2D eigenvalue weighted by atomic mass is 15.2. The predicted octanol–water partition coefficient (Wildman–Crippen LogP) is 1.82. The summed E-state index contributed by atoms with van der Waals surface area (Å²) < 4.78 is 0. The maximum atomic E-state index is 5.98. The van der Waals surface area contributed by atoms with E-state index in [0.717, 1.165) is 0 Å². The Hall–Kier alpha value is -0.860. The first-order valence-electron chi connectivity index (χ1n) is 4.51. The summed E-state index contributed by atoms with van der Waals surface area (Å²) in [6, 6.07) is 6.36. The van der Waals surface area contributed by atoms with Crippen molar-refractivity contribution in [2.24, 2.45) is 5.73 Å². The van der Waals surface area contributed by atoms with E-state index in [1.165, 1.54) is 16.7 Å². The average molecular weight is 178 g/mol. The zero-order valence-corrected chi connectivity index (χ0v) is 8.83. The van der Waals surface area contributed by atoms with Crippen molar-refractivity contribution < 1.29 is 0 Å². The van der Waals surface area contributed by atoms with Crippen molar-refractivity contribution in [3.05, 3.63) is 34.9 Å².